The van der Waals surface area contributed by atoms with Gasteiger partial charge in [-0.05, 0) is 65.2 Å². The summed E-state index contributed by atoms with van der Waals surface area (Å²) in [7, 11) is 2.74. The molecule has 0 radical (unpaired) electrons. The van der Waals surface area contributed by atoms with Gasteiger partial charge in [0.15, 0.2) is 29.2 Å². The fraction of sp³-hybridized carbons (Fsp3) is 0.281. The third-order valence-electron chi connectivity index (χ3n) is 6.90. The van der Waals surface area contributed by atoms with Gasteiger partial charge in [-0.15, -0.1) is 0 Å². The maximum Gasteiger partial charge on any atom is 0.337 e. The van der Waals surface area contributed by atoms with Crippen LogP contribution >= 0.6 is 15.9 Å². The van der Waals surface area contributed by atoms with E-state index in [9.17, 15) is 24.8 Å². The first-order chi connectivity index (χ1) is 23.0. The van der Waals surface area contributed by atoms with E-state index < -0.39 is 29.2 Å². The van der Waals surface area contributed by atoms with Crippen molar-refractivity contribution in [2.24, 2.45) is 5.10 Å². The van der Waals surface area contributed by atoms with Crippen LogP contribution < -0.4 is 35.0 Å². The van der Waals surface area contributed by atoms with Crippen molar-refractivity contribution in [2.45, 2.75) is 32.7 Å². The molecule has 0 bridgehead atoms. The van der Waals surface area contributed by atoms with Gasteiger partial charge in [-0.2, -0.15) is 5.10 Å². The Morgan fingerprint density at radius 2 is 1.88 bits per heavy atom. The van der Waals surface area contributed by atoms with Gasteiger partial charge in [0.1, 0.15) is 13.2 Å². The third kappa shape index (κ3) is 8.92. The summed E-state index contributed by atoms with van der Waals surface area (Å²) >= 11 is 3.48. The number of benzene rings is 3. The van der Waals surface area contributed by atoms with Crippen LogP contribution in [-0.2, 0) is 16.1 Å². The van der Waals surface area contributed by atoms with Crippen LogP contribution in [0.4, 0.5) is 10.5 Å². The molecule has 15 nitrogen and oxygen atoms in total. The molecule has 1 aliphatic rings. The van der Waals surface area contributed by atoms with Gasteiger partial charge in [-0.25, -0.2) is 9.59 Å². The predicted molar refractivity (Wildman–Crippen MR) is 177 cm³/mol. The van der Waals surface area contributed by atoms with Gasteiger partial charge in [-0.3, -0.25) is 15.5 Å². The minimum atomic E-state index is -1.21. The molecule has 0 saturated carbocycles. The zero-order valence-electron chi connectivity index (χ0n) is 26.4. The van der Waals surface area contributed by atoms with Crippen LogP contribution in [0.25, 0.3) is 0 Å². The smallest absolute Gasteiger partial charge is 0.337 e. The fourth-order valence-corrected chi connectivity index (χ4v) is 5.08. The number of urea groups is 1. The molecule has 4 N–H and O–H groups in total. The van der Waals surface area contributed by atoms with Crippen LogP contribution in [0.15, 0.2) is 75.4 Å². The maximum absolute atomic E-state index is 12.5. The summed E-state index contributed by atoms with van der Waals surface area (Å²) in [6, 6.07) is 13.2. The minimum absolute atomic E-state index is 0.0317. The molecule has 0 spiro atoms. The lowest BCUT2D eigenvalue weighted by Gasteiger charge is -2.28. The highest BCUT2D eigenvalue weighted by molar-refractivity contribution is 9.10. The highest BCUT2D eigenvalue weighted by atomic mass is 79.9. The molecule has 0 unspecified atom stereocenters. The van der Waals surface area contributed by atoms with Crippen LogP contribution in [0.5, 0.6) is 23.0 Å². The van der Waals surface area contributed by atoms with Gasteiger partial charge in [0.2, 0.25) is 0 Å². The highest BCUT2D eigenvalue weighted by Crippen LogP contribution is 2.36. The number of amides is 2. The first kappa shape index (κ1) is 35.5. The van der Waals surface area contributed by atoms with Crippen molar-refractivity contribution in [3.8, 4) is 23.0 Å². The first-order valence-corrected chi connectivity index (χ1v) is 15.3. The summed E-state index contributed by atoms with van der Waals surface area (Å²) in [5.41, 5.74) is 4.96. The first-order valence-electron chi connectivity index (χ1n) is 14.5. The average Bonchev–Trinajstić information content (AvgIpc) is 3.07. The van der Waals surface area contributed by atoms with Crippen LogP contribution in [0.1, 0.15) is 36.6 Å². The van der Waals surface area contributed by atoms with Crippen LogP contribution in [0.3, 0.4) is 0 Å². The molecule has 3 aromatic carbocycles. The molecule has 1 aliphatic heterocycles. The molecule has 0 saturated heterocycles. The standard InChI is InChI=1S/C32H34BrN5O10/c1-5-46-26-12-20(30-29(31(40)45-4)18(2)35-32(41)36-30)9-10-24(26)48-17-28(39)37-34-15-21-13-25(44-3)27(14-23(21)33)47-16-19-7-6-8-22(11-19)38(42)43/h6-15,28,30,37,39H,5,16-17H2,1-4H3,(H2,35,36,41)/b34-15-/t28-,30-/m1/s1. The number of nitro groups is 1. The number of halogens is 1. The van der Waals surface area contributed by atoms with Gasteiger partial charge >= 0.3 is 12.0 Å². The number of rotatable bonds is 15. The topological polar surface area (TPSA) is 192 Å². The molecule has 48 heavy (non-hydrogen) atoms. The zero-order valence-corrected chi connectivity index (χ0v) is 28.0. The Hall–Kier alpha value is -5.35. The molecule has 0 fully saturated rings. The van der Waals surface area contributed by atoms with Crippen molar-refractivity contribution in [1.29, 1.82) is 0 Å². The Morgan fingerprint density at radius 3 is 2.58 bits per heavy atom. The number of hydrogen-bond donors (Lipinski definition) is 4. The molecule has 16 heteroatoms. The van der Waals surface area contributed by atoms with Crippen LogP contribution in [-0.4, -0.2) is 61.9 Å². The number of aliphatic hydroxyl groups excluding tert-OH is 1. The highest BCUT2D eigenvalue weighted by Gasteiger charge is 2.32. The number of nitro benzene ring substituents is 1. The van der Waals surface area contributed by atoms with Gasteiger partial charge < -0.3 is 39.4 Å². The lowest BCUT2D eigenvalue weighted by atomic mass is 9.95. The largest absolute Gasteiger partial charge is 0.493 e. The minimum Gasteiger partial charge on any atom is -0.493 e. The summed E-state index contributed by atoms with van der Waals surface area (Å²) in [6.45, 7) is 3.59. The van der Waals surface area contributed by atoms with Crippen molar-refractivity contribution in [1.82, 2.24) is 16.1 Å². The van der Waals surface area contributed by atoms with E-state index in [1.807, 2.05) is 0 Å². The van der Waals surface area contributed by atoms with Crippen molar-refractivity contribution in [3.63, 3.8) is 0 Å². The van der Waals surface area contributed by atoms with E-state index in [1.165, 1.54) is 32.6 Å². The maximum atomic E-state index is 12.5. The number of nitrogens with zero attached hydrogens (tertiary/aromatic N) is 2. The van der Waals surface area contributed by atoms with E-state index >= 15 is 0 Å². The Morgan fingerprint density at radius 1 is 1.10 bits per heavy atom. The van der Waals surface area contributed by atoms with E-state index in [4.69, 9.17) is 23.7 Å². The molecule has 4 rings (SSSR count). The number of non-ortho nitro benzene ring substituents is 1. The summed E-state index contributed by atoms with van der Waals surface area (Å²) in [5.74, 6) is 0.865. The number of methoxy groups -OCH3 is 2. The van der Waals surface area contributed by atoms with Gasteiger partial charge in [0, 0.05) is 27.9 Å². The number of esters is 1. The number of hydrazone groups is 1. The number of ether oxygens (including phenoxy) is 5. The molecule has 3 aromatic rings. The summed E-state index contributed by atoms with van der Waals surface area (Å²) in [4.78, 5) is 35.2. The molecule has 0 aromatic heterocycles. The number of carbonyl (C=O) groups excluding carboxylic acids is 2. The lowest BCUT2D eigenvalue weighted by molar-refractivity contribution is -0.384. The van der Waals surface area contributed by atoms with Crippen LogP contribution in [0.2, 0.25) is 0 Å². The van der Waals surface area contributed by atoms with E-state index in [1.54, 1.807) is 56.3 Å². The second-order valence-electron chi connectivity index (χ2n) is 10.2. The van der Waals surface area contributed by atoms with Crippen LogP contribution in [0, 0.1) is 10.1 Å². The summed E-state index contributed by atoms with van der Waals surface area (Å²) in [5, 5.41) is 31.0. The molecule has 0 aliphatic carbocycles. The molecular weight excluding hydrogens is 694 g/mol. The predicted octanol–water partition coefficient (Wildman–Crippen LogP) is 4.47. The number of carbonyl (C=O) groups is 2. The summed E-state index contributed by atoms with van der Waals surface area (Å²) in [6.07, 6.45) is 0.247. The SMILES string of the molecule is CCOc1cc([C@H]2NC(=O)NC(C)=C2C(=O)OC)ccc1OC[C@@H](O)N/N=C\c1cc(OC)c(OCc2cccc([N+](=O)[O-])c2)cc1Br. The lowest BCUT2D eigenvalue weighted by Crippen LogP contribution is -2.45. The molecule has 2 amide bonds. The van der Waals surface area contributed by atoms with E-state index in [0.717, 1.165) is 0 Å². The molecule has 2 atom stereocenters. The number of nitrogens with one attached hydrogen (secondary N) is 3. The van der Waals surface area contributed by atoms with E-state index in [0.29, 0.717) is 56.5 Å². The average molecular weight is 729 g/mol. The second-order valence-corrected chi connectivity index (χ2v) is 11.0. The van der Waals surface area contributed by atoms with Crippen molar-refractivity contribution in [3.05, 3.63) is 97.1 Å². The van der Waals surface area contributed by atoms with E-state index in [-0.39, 0.29) is 24.5 Å². The third-order valence-corrected chi connectivity index (χ3v) is 7.58. The van der Waals surface area contributed by atoms with Crippen molar-refractivity contribution >= 4 is 39.8 Å². The van der Waals surface area contributed by atoms with Gasteiger partial charge in [-0.1, -0.05) is 18.2 Å². The van der Waals surface area contributed by atoms with Gasteiger partial charge in [0.25, 0.3) is 5.69 Å². The molecular formula is C32H34BrN5O10. The zero-order chi connectivity index (χ0) is 34.8. The fourth-order valence-electron chi connectivity index (χ4n) is 4.66. The van der Waals surface area contributed by atoms with Gasteiger partial charge in [0.05, 0.1) is 43.6 Å². The Kier molecular flexibility index (Phi) is 12.2. The number of hydrogen-bond acceptors (Lipinski definition) is 12. The summed E-state index contributed by atoms with van der Waals surface area (Å²) < 4.78 is 28.4. The molecule has 254 valence electrons. The second kappa shape index (κ2) is 16.5. The number of aliphatic hydroxyl groups is 1. The van der Waals surface area contributed by atoms with Crippen molar-refractivity contribution in [2.75, 3.05) is 27.4 Å². The Bertz CT molecular complexity index is 1730. The molecule has 1 heterocycles. The van der Waals surface area contributed by atoms with Crippen molar-refractivity contribution < 1.29 is 43.3 Å². The van der Waals surface area contributed by atoms with E-state index in [2.05, 4.69) is 37.1 Å². The monoisotopic (exact) mass is 727 g/mol. The Labute approximate surface area is 284 Å². The number of allylic oxidation sites excluding steroid dienone is 1. The quantitative estimate of drug-likeness (QED) is 0.0568. The normalized spacial score (nSPS) is 14.9. The Balaban J connectivity index is 1.39.